The fourth-order valence-electron chi connectivity index (χ4n) is 7.59. The Morgan fingerprint density at radius 1 is 1.10 bits per heavy atom. The SMILES string of the molecule is C[C@]12CC[C@@H](O)C[C@@H]1CC[C@@H]1[C@@H]2CC[C@]2(C)C(=O)CC(OC(=O)CCC(=O)O)[C@@H]12. The Balaban J connectivity index is 1.56. The van der Waals surface area contributed by atoms with Gasteiger partial charge in [-0.15, -0.1) is 0 Å². The number of ketones is 1. The zero-order valence-electron chi connectivity index (χ0n) is 17.6. The zero-order valence-corrected chi connectivity index (χ0v) is 17.6. The highest BCUT2D eigenvalue weighted by Crippen LogP contribution is 2.65. The van der Waals surface area contributed by atoms with Gasteiger partial charge in [0.1, 0.15) is 11.9 Å². The molecule has 0 bridgehead atoms. The molecule has 0 saturated heterocycles. The third-order valence-corrected chi connectivity index (χ3v) is 9.14. The lowest BCUT2D eigenvalue weighted by Crippen LogP contribution is -2.55. The minimum Gasteiger partial charge on any atom is -0.481 e. The number of aliphatic carboxylic acids is 1. The van der Waals surface area contributed by atoms with Crippen LogP contribution in [0.25, 0.3) is 0 Å². The molecule has 0 amide bonds. The average molecular weight is 407 g/mol. The summed E-state index contributed by atoms with van der Waals surface area (Å²) in [5, 5.41) is 19.0. The van der Waals surface area contributed by atoms with Gasteiger partial charge in [0.15, 0.2) is 0 Å². The Morgan fingerprint density at radius 3 is 2.59 bits per heavy atom. The summed E-state index contributed by atoms with van der Waals surface area (Å²) in [6.45, 7) is 4.44. The van der Waals surface area contributed by atoms with E-state index in [-0.39, 0.29) is 42.5 Å². The zero-order chi connectivity index (χ0) is 21.0. The molecule has 0 spiro atoms. The number of carbonyl (C=O) groups excluding carboxylic acids is 2. The molecule has 29 heavy (non-hydrogen) atoms. The van der Waals surface area contributed by atoms with Crippen LogP contribution in [0.2, 0.25) is 0 Å². The maximum Gasteiger partial charge on any atom is 0.306 e. The fraction of sp³-hybridized carbons (Fsp3) is 0.870. The molecule has 0 aromatic rings. The van der Waals surface area contributed by atoms with Crippen LogP contribution in [-0.4, -0.2) is 40.1 Å². The number of esters is 1. The summed E-state index contributed by atoms with van der Waals surface area (Å²) >= 11 is 0. The smallest absolute Gasteiger partial charge is 0.306 e. The predicted molar refractivity (Wildman–Crippen MR) is 105 cm³/mol. The van der Waals surface area contributed by atoms with Gasteiger partial charge >= 0.3 is 11.9 Å². The van der Waals surface area contributed by atoms with Crippen molar-refractivity contribution >= 4 is 17.7 Å². The number of fused-ring (bicyclic) bond motifs is 5. The second kappa shape index (κ2) is 7.36. The molecule has 4 rings (SSSR count). The fourth-order valence-corrected chi connectivity index (χ4v) is 7.59. The molecule has 4 aliphatic rings. The van der Waals surface area contributed by atoms with Crippen molar-refractivity contribution in [2.75, 3.05) is 0 Å². The van der Waals surface area contributed by atoms with Crippen molar-refractivity contribution in [2.24, 2.45) is 34.5 Å². The number of rotatable bonds is 4. The van der Waals surface area contributed by atoms with Gasteiger partial charge in [0.05, 0.1) is 18.9 Å². The van der Waals surface area contributed by atoms with Crippen molar-refractivity contribution in [2.45, 2.75) is 90.3 Å². The van der Waals surface area contributed by atoms with E-state index in [2.05, 4.69) is 13.8 Å². The molecule has 0 aromatic carbocycles. The first-order valence-corrected chi connectivity index (χ1v) is 11.3. The number of aliphatic hydroxyl groups is 1. The molecule has 0 aliphatic heterocycles. The molecule has 0 radical (unpaired) electrons. The van der Waals surface area contributed by atoms with Gasteiger partial charge < -0.3 is 14.9 Å². The average Bonchev–Trinajstić information content (AvgIpc) is 2.91. The quantitative estimate of drug-likeness (QED) is 0.695. The van der Waals surface area contributed by atoms with Gasteiger partial charge in [0.2, 0.25) is 0 Å². The Kier molecular flexibility index (Phi) is 5.29. The normalized spacial score (nSPS) is 46.4. The number of hydrogen-bond acceptors (Lipinski definition) is 5. The van der Waals surface area contributed by atoms with Crippen molar-refractivity contribution in [3.63, 3.8) is 0 Å². The largest absolute Gasteiger partial charge is 0.481 e. The van der Waals surface area contributed by atoms with Gasteiger partial charge in [0, 0.05) is 17.8 Å². The van der Waals surface area contributed by atoms with Crippen molar-refractivity contribution < 1.29 is 29.3 Å². The number of hydrogen-bond donors (Lipinski definition) is 2. The van der Waals surface area contributed by atoms with Crippen LogP contribution >= 0.6 is 0 Å². The van der Waals surface area contributed by atoms with Crippen molar-refractivity contribution in [1.82, 2.24) is 0 Å². The Morgan fingerprint density at radius 2 is 1.86 bits per heavy atom. The summed E-state index contributed by atoms with van der Waals surface area (Å²) in [5.41, 5.74) is -0.247. The van der Waals surface area contributed by atoms with E-state index >= 15 is 0 Å². The second-order valence-corrected chi connectivity index (χ2v) is 10.5. The molecular formula is C23H34O6. The molecule has 4 fully saturated rings. The number of Topliss-reactive ketones (excluding diaryl/α,β-unsaturated/α-hetero) is 1. The first kappa shape index (κ1) is 20.8. The monoisotopic (exact) mass is 406 g/mol. The first-order chi connectivity index (χ1) is 13.6. The van der Waals surface area contributed by atoms with Gasteiger partial charge in [-0.3, -0.25) is 14.4 Å². The van der Waals surface area contributed by atoms with Crippen LogP contribution in [0, 0.1) is 34.5 Å². The van der Waals surface area contributed by atoms with E-state index in [0.717, 1.165) is 44.9 Å². The number of carboxylic acid groups (broad SMARTS) is 1. The van der Waals surface area contributed by atoms with Crippen LogP contribution < -0.4 is 0 Å². The van der Waals surface area contributed by atoms with Crippen LogP contribution in [0.15, 0.2) is 0 Å². The predicted octanol–water partition coefficient (Wildman–Crippen LogP) is 3.35. The number of carboxylic acids is 1. The number of carbonyl (C=O) groups is 3. The summed E-state index contributed by atoms with van der Waals surface area (Å²) in [6.07, 6.45) is 6.00. The molecule has 6 nitrogen and oxygen atoms in total. The van der Waals surface area contributed by atoms with Crippen LogP contribution in [0.1, 0.15) is 78.1 Å². The lowest BCUT2D eigenvalue weighted by atomic mass is 9.45. The maximum atomic E-state index is 12.9. The van der Waals surface area contributed by atoms with E-state index < -0.39 is 23.5 Å². The molecular weight excluding hydrogens is 372 g/mol. The van der Waals surface area contributed by atoms with E-state index in [9.17, 15) is 19.5 Å². The van der Waals surface area contributed by atoms with Gasteiger partial charge in [-0.25, -0.2) is 0 Å². The van der Waals surface area contributed by atoms with E-state index in [4.69, 9.17) is 9.84 Å². The van der Waals surface area contributed by atoms with Crippen LogP contribution in [0.4, 0.5) is 0 Å². The van der Waals surface area contributed by atoms with Gasteiger partial charge in [0.25, 0.3) is 0 Å². The Labute approximate surface area is 172 Å². The molecule has 1 unspecified atom stereocenters. The molecule has 0 aromatic heterocycles. The molecule has 6 heteroatoms. The third-order valence-electron chi connectivity index (χ3n) is 9.14. The van der Waals surface area contributed by atoms with Crippen molar-refractivity contribution in [1.29, 1.82) is 0 Å². The maximum absolute atomic E-state index is 12.9. The molecule has 0 heterocycles. The number of aliphatic hydroxyl groups excluding tert-OH is 1. The second-order valence-electron chi connectivity index (χ2n) is 10.5. The summed E-state index contributed by atoms with van der Waals surface area (Å²) < 4.78 is 5.74. The Bertz CT molecular complexity index is 703. The van der Waals surface area contributed by atoms with Gasteiger partial charge in [-0.2, -0.15) is 0 Å². The highest BCUT2D eigenvalue weighted by Gasteiger charge is 2.63. The summed E-state index contributed by atoms with van der Waals surface area (Å²) in [5.74, 6) is 0.0999. The Hall–Kier alpha value is -1.43. The van der Waals surface area contributed by atoms with E-state index in [0.29, 0.717) is 17.8 Å². The lowest BCUT2D eigenvalue weighted by Gasteiger charge is -2.60. The molecule has 4 saturated carbocycles. The summed E-state index contributed by atoms with van der Waals surface area (Å²) in [7, 11) is 0. The van der Waals surface area contributed by atoms with Gasteiger partial charge in [-0.1, -0.05) is 13.8 Å². The summed E-state index contributed by atoms with van der Waals surface area (Å²) in [4.78, 5) is 36.0. The van der Waals surface area contributed by atoms with Crippen LogP contribution in [0.3, 0.4) is 0 Å². The van der Waals surface area contributed by atoms with Crippen molar-refractivity contribution in [3.05, 3.63) is 0 Å². The minimum atomic E-state index is -1.02. The molecule has 8 atom stereocenters. The minimum absolute atomic E-state index is 0.0344. The summed E-state index contributed by atoms with van der Waals surface area (Å²) in [6, 6.07) is 0. The van der Waals surface area contributed by atoms with E-state index in [1.165, 1.54) is 0 Å². The number of ether oxygens (including phenoxy) is 1. The van der Waals surface area contributed by atoms with E-state index in [1.807, 2.05) is 0 Å². The van der Waals surface area contributed by atoms with Crippen LogP contribution in [-0.2, 0) is 19.1 Å². The topological polar surface area (TPSA) is 101 Å². The standard InChI is InChI=1S/C23H34O6/c1-22-9-7-14(24)11-13(22)3-4-15-16(22)8-10-23(2)18(25)12-17(21(15)23)29-20(28)6-5-19(26)27/h13-17,21,24H,3-12H2,1-2H3,(H,26,27)/t13-,14+,15+,16-,17?,21+,22-,23+/m0/s1. The third kappa shape index (κ3) is 3.41. The highest BCUT2D eigenvalue weighted by atomic mass is 16.5. The van der Waals surface area contributed by atoms with E-state index in [1.54, 1.807) is 0 Å². The lowest BCUT2D eigenvalue weighted by molar-refractivity contribution is -0.167. The molecule has 4 aliphatic carbocycles. The van der Waals surface area contributed by atoms with Crippen LogP contribution in [0.5, 0.6) is 0 Å². The highest BCUT2D eigenvalue weighted by molar-refractivity contribution is 5.88. The molecule has 2 N–H and O–H groups in total. The van der Waals surface area contributed by atoms with Crippen molar-refractivity contribution in [3.8, 4) is 0 Å². The molecule has 162 valence electrons. The first-order valence-electron chi connectivity index (χ1n) is 11.3. The van der Waals surface area contributed by atoms with Gasteiger partial charge in [-0.05, 0) is 68.1 Å².